The van der Waals surface area contributed by atoms with Crippen LogP contribution in [0.5, 0.6) is 5.75 Å². The number of pyridine rings is 1. The fourth-order valence-electron chi connectivity index (χ4n) is 2.55. The Hall–Kier alpha value is -2.36. The molecule has 1 aromatic carbocycles. The molecule has 122 valence electrons. The van der Waals surface area contributed by atoms with Crippen LogP contribution in [-0.2, 0) is 11.2 Å². The zero-order valence-electron chi connectivity index (χ0n) is 14.0. The number of ether oxygens (including phenoxy) is 1. The number of benzene rings is 1. The summed E-state index contributed by atoms with van der Waals surface area (Å²) < 4.78 is 5.20. The van der Waals surface area contributed by atoms with E-state index in [1.54, 1.807) is 13.3 Å². The summed E-state index contributed by atoms with van der Waals surface area (Å²) >= 11 is 0. The van der Waals surface area contributed by atoms with Crippen LogP contribution in [-0.4, -0.2) is 18.0 Å². The lowest BCUT2D eigenvalue weighted by Crippen LogP contribution is -2.30. The second-order valence-electron chi connectivity index (χ2n) is 6.06. The Balaban J connectivity index is 2.05. The van der Waals surface area contributed by atoms with E-state index in [0.717, 1.165) is 23.3 Å². The van der Waals surface area contributed by atoms with Gasteiger partial charge in [0.2, 0.25) is 5.91 Å². The highest BCUT2D eigenvalue weighted by Crippen LogP contribution is 2.21. The number of nitrogens with zero attached hydrogens (tertiary/aromatic N) is 1. The smallest absolute Gasteiger partial charge is 0.224 e. The van der Waals surface area contributed by atoms with Crippen molar-refractivity contribution in [1.29, 1.82) is 0 Å². The highest BCUT2D eigenvalue weighted by atomic mass is 16.5. The number of carbonyl (C=O) groups is 1. The Labute approximate surface area is 137 Å². The molecule has 0 aliphatic rings. The molecule has 0 aliphatic heterocycles. The molecule has 2 aromatic rings. The van der Waals surface area contributed by atoms with E-state index in [2.05, 4.69) is 24.1 Å². The summed E-state index contributed by atoms with van der Waals surface area (Å²) in [4.78, 5) is 16.6. The second kappa shape index (κ2) is 8.32. The molecule has 4 nitrogen and oxygen atoms in total. The number of carbonyl (C=O) groups excluding carboxylic acids is 1. The van der Waals surface area contributed by atoms with E-state index in [0.29, 0.717) is 12.3 Å². The van der Waals surface area contributed by atoms with Crippen LogP contribution >= 0.6 is 0 Å². The summed E-state index contributed by atoms with van der Waals surface area (Å²) in [6, 6.07) is 11.5. The van der Waals surface area contributed by atoms with Gasteiger partial charge in [-0.05, 0) is 41.7 Å². The first-order chi connectivity index (χ1) is 11.1. The normalized spacial score (nSPS) is 12.0. The van der Waals surface area contributed by atoms with E-state index in [4.69, 9.17) is 4.74 Å². The van der Waals surface area contributed by atoms with Crippen molar-refractivity contribution < 1.29 is 9.53 Å². The fraction of sp³-hybridized carbons (Fsp3) is 0.368. The predicted molar refractivity (Wildman–Crippen MR) is 91.3 cm³/mol. The van der Waals surface area contributed by atoms with Crippen molar-refractivity contribution in [3.8, 4) is 5.75 Å². The Morgan fingerprint density at radius 1 is 1.26 bits per heavy atom. The summed E-state index contributed by atoms with van der Waals surface area (Å²) in [7, 11) is 1.63. The molecule has 1 N–H and O–H groups in total. The van der Waals surface area contributed by atoms with Crippen molar-refractivity contribution in [3.63, 3.8) is 0 Å². The van der Waals surface area contributed by atoms with Gasteiger partial charge in [-0.15, -0.1) is 0 Å². The van der Waals surface area contributed by atoms with Crippen molar-refractivity contribution >= 4 is 5.91 Å². The molecule has 0 bridgehead atoms. The van der Waals surface area contributed by atoms with E-state index in [1.165, 1.54) is 0 Å². The molecule has 0 radical (unpaired) electrons. The second-order valence-corrected chi connectivity index (χ2v) is 6.06. The van der Waals surface area contributed by atoms with Crippen molar-refractivity contribution in [1.82, 2.24) is 10.3 Å². The molecular weight excluding hydrogens is 288 g/mol. The molecule has 1 heterocycles. The molecule has 0 saturated carbocycles. The molecule has 2 rings (SSSR count). The maximum atomic E-state index is 12.4. The number of amides is 1. The molecule has 1 aromatic heterocycles. The first-order valence-corrected chi connectivity index (χ1v) is 7.90. The van der Waals surface area contributed by atoms with Crippen LogP contribution in [0.2, 0.25) is 0 Å². The maximum Gasteiger partial charge on any atom is 0.224 e. The van der Waals surface area contributed by atoms with Gasteiger partial charge in [-0.3, -0.25) is 9.78 Å². The number of aromatic nitrogens is 1. The minimum absolute atomic E-state index is 0.00718. The summed E-state index contributed by atoms with van der Waals surface area (Å²) in [6.45, 7) is 4.30. The van der Waals surface area contributed by atoms with E-state index < -0.39 is 0 Å². The Morgan fingerprint density at radius 3 is 2.74 bits per heavy atom. The minimum atomic E-state index is -0.0122. The van der Waals surface area contributed by atoms with Crippen LogP contribution in [0, 0.1) is 5.92 Å². The van der Waals surface area contributed by atoms with E-state index in [-0.39, 0.29) is 11.9 Å². The molecule has 0 unspecified atom stereocenters. The molecule has 0 aliphatic carbocycles. The van der Waals surface area contributed by atoms with Crippen molar-refractivity contribution in [2.75, 3.05) is 7.11 Å². The molecular formula is C19H24N2O2. The topological polar surface area (TPSA) is 51.2 Å². The van der Waals surface area contributed by atoms with Gasteiger partial charge < -0.3 is 10.1 Å². The van der Waals surface area contributed by atoms with Gasteiger partial charge in [0.05, 0.1) is 19.6 Å². The molecule has 0 saturated heterocycles. The first kappa shape index (κ1) is 17.0. The Bertz CT molecular complexity index is 626. The van der Waals surface area contributed by atoms with Crippen molar-refractivity contribution in [2.45, 2.75) is 32.7 Å². The third kappa shape index (κ3) is 5.40. The van der Waals surface area contributed by atoms with Gasteiger partial charge >= 0.3 is 0 Å². The molecule has 0 spiro atoms. The lowest BCUT2D eigenvalue weighted by atomic mass is 9.98. The van der Waals surface area contributed by atoms with Crippen LogP contribution in [0.4, 0.5) is 0 Å². The molecule has 1 amide bonds. The summed E-state index contributed by atoms with van der Waals surface area (Å²) in [5.41, 5.74) is 1.98. The lowest BCUT2D eigenvalue weighted by Gasteiger charge is -2.21. The van der Waals surface area contributed by atoms with Crippen LogP contribution in [0.25, 0.3) is 0 Å². The van der Waals surface area contributed by atoms with Crippen LogP contribution in [0.15, 0.2) is 48.8 Å². The van der Waals surface area contributed by atoms with Crippen molar-refractivity contribution in [3.05, 3.63) is 59.9 Å². The van der Waals surface area contributed by atoms with Gasteiger partial charge in [0.25, 0.3) is 0 Å². The van der Waals surface area contributed by atoms with Crippen LogP contribution in [0.3, 0.4) is 0 Å². The SMILES string of the molecule is COc1cccc(CC(=O)N[C@@H](CC(C)C)c2cccnc2)c1. The number of hydrogen-bond acceptors (Lipinski definition) is 3. The summed E-state index contributed by atoms with van der Waals surface area (Å²) in [6.07, 6.45) is 4.79. The largest absolute Gasteiger partial charge is 0.497 e. The average molecular weight is 312 g/mol. The van der Waals surface area contributed by atoms with Gasteiger partial charge in [0.15, 0.2) is 0 Å². The average Bonchev–Trinajstić information content (AvgIpc) is 2.54. The van der Waals surface area contributed by atoms with Gasteiger partial charge in [0, 0.05) is 12.4 Å². The van der Waals surface area contributed by atoms with Gasteiger partial charge in [-0.1, -0.05) is 32.0 Å². The highest BCUT2D eigenvalue weighted by Gasteiger charge is 2.16. The predicted octanol–water partition coefficient (Wildman–Crippen LogP) is 3.54. The molecule has 23 heavy (non-hydrogen) atoms. The Kier molecular flexibility index (Phi) is 6.15. The number of rotatable bonds is 7. The Morgan fingerprint density at radius 2 is 2.09 bits per heavy atom. The monoisotopic (exact) mass is 312 g/mol. The minimum Gasteiger partial charge on any atom is -0.497 e. The van der Waals surface area contributed by atoms with Gasteiger partial charge in [-0.2, -0.15) is 0 Å². The number of hydrogen-bond donors (Lipinski definition) is 1. The molecule has 1 atom stereocenters. The van der Waals surface area contributed by atoms with Gasteiger partial charge in [-0.25, -0.2) is 0 Å². The zero-order valence-corrected chi connectivity index (χ0v) is 14.0. The van der Waals surface area contributed by atoms with E-state index >= 15 is 0 Å². The van der Waals surface area contributed by atoms with Crippen molar-refractivity contribution in [2.24, 2.45) is 5.92 Å². The molecule has 4 heteroatoms. The summed E-state index contributed by atoms with van der Waals surface area (Å²) in [5.74, 6) is 1.26. The van der Waals surface area contributed by atoms with Crippen LogP contribution in [0.1, 0.15) is 37.4 Å². The van der Waals surface area contributed by atoms with Crippen LogP contribution < -0.4 is 10.1 Å². The van der Waals surface area contributed by atoms with E-state index in [1.807, 2.05) is 42.6 Å². The third-order valence-corrected chi connectivity index (χ3v) is 3.63. The van der Waals surface area contributed by atoms with E-state index in [9.17, 15) is 4.79 Å². The fourth-order valence-corrected chi connectivity index (χ4v) is 2.55. The maximum absolute atomic E-state index is 12.4. The standard InChI is InChI=1S/C19H24N2O2/c1-14(2)10-18(16-7-5-9-20-13-16)21-19(22)12-15-6-4-8-17(11-15)23-3/h4-9,11,13-14,18H,10,12H2,1-3H3,(H,21,22)/t18-/m0/s1. The van der Waals surface area contributed by atoms with Gasteiger partial charge in [0.1, 0.15) is 5.75 Å². The lowest BCUT2D eigenvalue weighted by molar-refractivity contribution is -0.121. The first-order valence-electron chi connectivity index (χ1n) is 7.90. The quantitative estimate of drug-likeness (QED) is 0.851. The third-order valence-electron chi connectivity index (χ3n) is 3.63. The zero-order chi connectivity index (χ0) is 16.7. The summed E-state index contributed by atoms with van der Waals surface area (Å²) in [5, 5.41) is 3.13. The number of methoxy groups -OCH3 is 1. The molecule has 0 fully saturated rings. The number of nitrogens with one attached hydrogen (secondary N) is 1. The highest BCUT2D eigenvalue weighted by molar-refractivity contribution is 5.79.